The molecule has 0 aromatic carbocycles. The first-order valence-electron chi connectivity index (χ1n) is 7.11. The van der Waals surface area contributed by atoms with Crippen molar-refractivity contribution < 1.29 is 9.84 Å². The van der Waals surface area contributed by atoms with Gasteiger partial charge in [-0.25, -0.2) is 4.90 Å². The minimum absolute atomic E-state index is 0.0347. The molecule has 5 unspecified atom stereocenters. The number of fused-ring (bicyclic) bond motifs is 1. The maximum absolute atomic E-state index is 9.38. The lowest BCUT2D eigenvalue weighted by molar-refractivity contribution is -0.0934. The summed E-state index contributed by atoms with van der Waals surface area (Å²) in [6.07, 6.45) is 0.120. The second-order valence-electron chi connectivity index (χ2n) is 5.92. The first-order chi connectivity index (χ1) is 9.13. The molecule has 3 heterocycles. The fourth-order valence-electron chi connectivity index (χ4n) is 3.47. The quantitative estimate of drug-likeness (QED) is 0.395. The van der Waals surface area contributed by atoms with Crippen LogP contribution in [-0.4, -0.2) is 60.7 Å². The van der Waals surface area contributed by atoms with Crippen molar-refractivity contribution in [2.45, 2.75) is 44.6 Å². The molecule has 7 nitrogen and oxygen atoms in total. The molecule has 0 aliphatic carbocycles. The summed E-state index contributed by atoms with van der Waals surface area (Å²) >= 11 is 0. The number of ether oxygens (including phenoxy) is 1. The van der Waals surface area contributed by atoms with E-state index in [0.29, 0.717) is 18.5 Å². The smallest absolute Gasteiger partial charge is 0.116 e. The molecule has 0 radical (unpaired) electrons. The second kappa shape index (κ2) is 5.25. The Hall–Kier alpha value is -0.280. The van der Waals surface area contributed by atoms with Crippen molar-refractivity contribution in [3.05, 3.63) is 0 Å². The lowest BCUT2D eigenvalue weighted by Crippen LogP contribution is -2.68. The molecule has 3 saturated heterocycles. The third-order valence-corrected chi connectivity index (χ3v) is 4.93. The van der Waals surface area contributed by atoms with Crippen LogP contribution in [0.2, 0.25) is 0 Å². The van der Waals surface area contributed by atoms with Gasteiger partial charge in [-0.15, -0.1) is 0 Å². The van der Waals surface area contributed by atoms with Crippen molar-refractivity contribution in [3.63, 3.8) is 0 Å². The van der Waals surface area contributed by atoms with Crippen LogP contribution in [0.4, 0.5) is 0 Å². The number of aliphatic hydroxyl groups excluding tert-OH is 1. The highest BCUT2D eigenvalue weighted by atomic mass is 16.5. The van der Waals surface area contributed by atoms with Crippen LogP contribution in [0, 0.1) is 11.8 Å². The number of hydrogen-bond acceptors (Lipinski definition) is 7. The maximum atomic E-state index is 9.38. The van der Waals surface area contributed by atoms with E-state index in [-0.39, 0.29) is 37.3 Å². The molecular weight excluding hydrogens is 246 g/mol. The van der Waals surface area contributed by atoms with E-state index in [0.717, 1.165) is 6.67 Å². The van der Waals surface area contributed by atoms with Crippen LogP contribution >= 0.6 is 0 Å². The zero-order valence-corrected chi connectivity index (χ0v) is 11.5. The molecule has 6 N–H and O–H groups in total. The van der Waals surface area contributed by atoms with E-state index in [1.165, 1.54) is 0 Å². The summed E-state index contributed by atoms with van der Waals surface area (Å²) in [6, 6.07) is 0.188. The lowest BCUT2D eigenvalue weighted by atomic mass is 9.92. The molecule has 3 rings (SSSR count). The van der Waals surface area contributed by atoms with Crippen LogP contribution in [0.3, 0.4) is 0 Å². The number of hydrogen-bond donors (Lipinski definition) is 5. The molecule has 7 heteroatoms. The van der Waals surface area contributed by atoms with Crippen molar-refractivity contribution in [2.75, 3.05) is 19.9 Å². The zero-order chi connectivity index (χ0) is 13.6. The van der Waals surface area contributed by atoms with Gasteiger partial charge in [0.05, 0.1) is 37.8 Å². The number of nitrogens with zero attached hydrogens (tertiary/aromatic N) is 1. The average Bonchev–Trinajstić information content (AvgIpc) is 2.94. The zero-order valence-electron chi connectivity index (χ0n) is 11.5. The minimum atomic E-state index is -0.0607. The summed E-state index contributed by atoms with van der Waals surface area (Å²) in [5, 5.41) is 19.5. The summed E-state index contributed by atoms with van der Waals surface area (Å²) in [4.78, 5) is 2.29. The van der Waals surface area contributed by atoms with E-state index in [1.807, 2.05) is 0 Å². The normalized spacial score (nSPS) is 51.5. The van der Waals surface area contributed by atoms with Gasteiger partial charge in [0.25, 0.3) is 0 Å². The van der Waals surface area contributed by atoms with Crippen molar-refractivity contribution in [1.29, 1.82) is 0 Å². The van der Waals surface area contributed by atoms with Crippen LogP contribution in [0.1, 0.15) is 13.8 Å². The Morgan fingerprint density at radius 1 is 1.26 bits per heavy atom. The van der Waals surface area contributed by atoms with Crippen LogP contribution in [0.5, 0.6) is 0 Å². The Bertz CT molecular complexity index is 331. The molecule has 7 atom stereocenters. The van der Waals surface area contributed by atoms with E-state index >= 15 is 0 Å². The van der Waals surface area contributed by atoms with Crippen molar-refractivity contribution >= 4 is 0 Å². The van der Waals surface area contributed by atoms with Gasteiger partial charge >= 0.3 is 0 Å². The van der Waals surface area contributed by atoms with Gasteiger partial charge in [-0.3, -0.25) is 16.0 Å². The van der Waals surface area contributed by atoms with E-state index in [1.54, 1.807) is 0 Å². The number of aliphatic hydroxyl groups is 1. The third kappa shape index (κ3) is 2.19. The Kier molecular flexibility index (Phi) is 3.78. The summed E-state index contributed by atoms with van der Waals surface area (Å²) in [5.74, 6) is 0.759. The van der Waals surface area contributed by atoms with Crippen molar-refractivity contribution in [1.82, 2.24) is 20.9 Å². The first kappa shape index (κ1) is 13.7. The van der Waals surface area contributed by atoms with Crippen LogP contribution in [-0.2, 0) is 4.74 Å². The lowest BCUT2D eigenvalue weighted by Gasteiger charge is -2.39. The Morgan fingerprint density at radius 2 is 2.05 bits per heavy atom. The summed E-state index contributed by atoms with van der Waals surface area (Å²) in [5.41, 5.74) is 6.08. The van der Waals surface area contributed by atoms with E-state index in [2.05, 4.69) is 34.7 Å². The SMILES string of the molecule is CC1C(C)[C@@H](CO)O[C@H]1N1CNC2C(N)NCNC21. The topological polar surface area (TPSA) is 94.8 Å². The van der Waals surface area contributed by atoms with Crippen molar-refractivity contribution in [3.8, 4) is 0 Å². The molecule has 0 saturated carbocycles. The summed E-state index contributed by atoms with van der Waals surface area (Å²) in [7, 11) is 0. The fourth-order valence-corrected chi connectivity index (χ4v) is 3.47. The van der Waals surface area contributed by atoms with Gasteiger partial charge in [-0.1, -0.05) is 13.8 Å². The highest BCUT2D eigenvalue weighted by Gasteiger charge is 2.49. The second-order valence-corrected chi connectivity index (χ2v) is 5.92. The van der Waals surface area contributed by atoms with Gasteiger partial charge in [-0.2, -0.15) is 0 Å². The molecule has 0 aromatic heterocycles. The Balaban J connectivity index is 1.73. The first-order valence-corrected chi connectivity index (χ1v) is 7.11. The average molecular weight is 271 g/mol. The van der Waals surface area contributed by atoms with E-state index in [4.69, 9.17) is 10.5 Å². The van der Waals surface area contributed by atoms with Gasteiger partial charge in [0.2, 0.25) is 0 Å². The van der Waals surface area contributed by atoms with Crippen LogP contribution < -0.4 is 21.7 Å². The van der Waals surface area contributed by atoms with Gasteiger partial charge in [-0.05, 0) is 5.92 Å². The van der Waals surface area contributed by atoms with Crippen LogP contribution in [0.15, 0.2) is 0 Å². The predicted molar refractivity (Wildman–Crippen MR) is 70.6 cm³/mol. The van der Waals surface area contributed by atoms with E-state index in [9.17, 15) is 5.11 Å². The molecular formula is C12H25N5O2. The molecule has 3 fully saturated rings. The molecule has 0 spiro atoms. The molecule has 3 aliphatic heterocycles. The number of nitrogens with one attached hydrogen (secondary N) is 3. The molecule has 0 aromatic rings. The fraction of sp³-hybridized carbons (Fsp3) is 1.00. The highest BCUT2D eigenvalue weighted by Crippen LogP contribution is 2.35. The Morgan fingerprint density at radius 3 is 2.74 bits per heavy atom. The summed E-state index contributed by atoms with van der Waals surface area (Å²) in [6.45, 7) is 5.90. The monoisotopic (exact) mass is 271 g/mol. The third-order valence-electron chi connectivity index (χ3n) is 4.93. The predicted octanol–water partition coefficient (Wildman–Crippen LogP) is -2.03. The van der Waals surface area contributed by atoms with Gasteiger partial charge in [0.15, 0.2) is 0 Å². The number of nitrogens with two attached hydrogens (primary N) is 1. The van der Waals surface area contributed by atoms with Gasteiger partial charge in [0.1, 0.15) is 6.23 Å². The molecule has 19 heavy (non-hydrogen) atoms. The molecule has 110 valence electrons. The van der Waals surface area contributed by atoms with Crippen molar-refractivity contribution in [2.24, 2.45) is 17.6 Å². The molecule has 3 aliphatic rings. The van der Waals surface area contributed by atoms with E-state index < -0.39 is 0 Å². The maximum Gasteiger partial charge on any atom is 0.116 e. The largest absolute Gasteiger partial charge is 0.394 e. The molecule has 0 amide bonds. The van der Waals surface area contributed by atoms with Gasteiger partial charge in [0, 0.05) is 12.6 Å². The van der Waals surface area contributed by atoms with Gasteiger partial charge < -0.3 is 15.6 Å². The molecule has 0 bridgehead atoms. The highest BCUT2D eigenvalue weighted by molar-refractivity contribution is 5.00. The Labute approximate surface area is 113 Å². The number of rotatable bonds is 2. The summed E-state index contributed by atoms with van der Waals surface area (Å²) < 4.78 is 6.04. The van der Waals surface area contributed by atoms with Crippen LogP contribution in [0.25, 0.3) is 0 Å². The standard InChI is InChI=1S/C12H25N5O2/c1-6-7(2)12(19-8(6)3-18)17-5-16-9-10(13)14-4-15-11(9)17/h6-12,14-16,18H,3-5,13H2,1-2H3/t6?,7?,8-,9?,10?,11?,12-/m1/s1. The minimum Gasteiger partial charge on any atom is -0.394 e.